The molecule has 3 nitrogen and oxygen atoms in total. The summed E-state index contributed by atoms with van der Waals surface area (Å²) in [7, 11) is 0. The molecule has 0 aliphatic heterocycles. The number of H-pyrrole nitrogens is 1. The van der Waals surface area contributed by atoms with Crippen molar-refractivity contribution in [2.45, 2.75) is 0 Å². The second kappa shape index (κ2) is 4.01. The number of aromatic nitrogens is 3. The first-order valence-electron chi connectivity index (χ1n) is 2.86. The topological polar surface area (TPSA) is 41.6 Å². The molecule has 0 aromatic carbocycles. The van der Waals surface area contributed by atoms with Crippen molar-refractivity contribution >= 4 is 40.9 Å². The van der Waals surface area contributed by atoms with Gasteiger partial charge in [-0.2, -0.15) is 5.10 Å². The molecule has 11 heavy (non-hydrogen) atoms. The van der Waals surface area contributed by atoms with Gasteiger partial charge in [0, 0.05) is 47.3 Å². The Morgan fingerprint density at radius 1 is 1.36 bits per heavy atom. The van der Waals surface area contributed by atoms with Gasteiger partial charge in [-0.3, -0.25) is 5.10 Å². The molecule has 0 amide bonds. The molecule has 0 aliphatic rings. The number of aromatic amines is 1. The van der Waals surface area contributed by atoms with Gasteiger partial charge in [0.05, 0.1) is 5.69 Å². The number of hydrogen-bond donors (Lipinski definition) is 1. The van der Waals surface area contributed by atoms with Gasteiger partial charge >= 0.3 is 0 Å². The Bertz CT molecular complexity index is 257. The van der Waals surface area contributed by atoms with Crippen molar-refractivity contribution in [3.8, 4) is 10.7 Å². The van der Waals surface area contributed by atoms with Crippen molar-refractivity contribution in [1.82, 2.24) is 15.2 Å². The van der Waals surface area contributed by atoms with Gasteiger partial charge < -0.3 is 0 Å². The van der Waals surface area contributed by atoms with E-state index in [2.05, 4.69) is 15.2 Å². The van der Waals surface area contributed by atoms with Crippen molar-refractivity contribution in [1.29, 1.82) is 0 Å². The Kier molecular flexibility index (Phi) is 3.26. The molecule has 1 N–H and O–H groups in total. The number of hydrogen-bond acceptors (Lipinski definition) is 3. The van der Waals surface area contributed by atoms with E-state index in [1.54, 1.807) is 23.7 Å². The van der Waals surface area contributed by atoms with Crippen LogP contribution in [0.25, 0.3) is 10.7 Å². The summed E-state index contributed by atoms with van der Waals surface area (Å²) in [5.74, 6) is 0. The minimum atomic E-state index is 0. The van der Waals surface area contributed by atoms with E-state index in [0.717, 1.165) is 10.7 Å². The van der Waals surface area contributed by atoms with E-state index in [4.69, 9.17) is 0 Å². The second-order valence-corrected chi connectivity index (χ2v) is 2.70. The Labute approximate surface area is 90.2 Å². The fourth-order valence-electron chi connectivity index (χ4n) is 0.731. The normalized spacial score (nSPS) is 9.09. The zero-order valence-corrected chi connectivity index (χ0v) is 8.93. The molecule has 0 unspecified atom stereocenters. The molecule has 5 heteroatoms. The molecule has 2 aromatic heterocycles. The third-order valence-electron chi connectivity index (χ3n) is 1.16. The summed E-state index contributed by atoms with van der Waals surface area (Å²) in [6.45, 7) is 0. The van der Waals surface area contributed by atoms with E-state index in [1.165, 1.54) is 0 Å². The van der Waals surface area contributed by atoms with Crippen LogP contribution in [0.1, 0.15) is 0 Å². The van der Waals surface area contributed by atoms with Crippen LogP contribution < -0.4 is 0 Å². The number of nitrogens with one attached hydrogen (secondary N) is 1. The summed E-state index contributed by atoms with van der Waals surface area (Å²) in [4.78, 5) is 4.11. The van der Waals surface area contributed by atoms with Crippen molar-refractivity contribution in [3.05, 3.63) is 23.8 Å². The maximum absolute atomic E-state index is 4.11. The molecule has 0 saturated carbocycles. The first-order valence-corrected chi connectivity index (χ1v) is 3.74. The van der Waals surface area contributed by atoms with Crippen LogP contribution >= 0.6 is 11.3 Å². The summed E-state index contributed by atoms with van der Waals surface area (Å²) in [6.07, 6.45) is 3.50. The third-order valence-corrected chi connectivity index (χ3v) is 1.97. The fourth-order valence-corrected chi connectivity index (χ4v) is 1.34. The molecule has 0 atom stereocenters. The van der Waals surface area contributed by atoms with Crippen LogP contribution in [-0.2, 0) is 0 Å². The van der Waals surface area contributed by atoms with Gasteiger partial charge in [0.2, 0.25) is 0 Å². The van der Waals surface area contributed by atoms with Crippen LogP contribution in [0.4, 0.5) is 0 Å². The van der Waals surface area contributed by atoms with E-state index >= 15 is 0 Å². The Hall–Kier alpha value is -0.160. The molecule has 0 bridgehead atoms. The quantitative estimate of drug-likeness (QED) is 0.659. The van der Waals surface area contributed by atoms with Gasteiger partial charge in [0.15, 0.2) is 0 Å². The molecule has 0 saturated heterocycles. The van der Waals surface area contributed by atoms with Crippen LogP contribution in [0.15, 0.2) is 23.8 Å². The van der Waals surface area contributed by atoms with Gasteiger partial charge in [-0.25, -0.2) is 4.98 Å². The van der Waals surface area contributed by atoms with Crippen molar-refractivity contribution in [3.63, 3.8) is 0 Å². The van der Waals surface area contributed by atoms with Crippen LogP contribution in [0.3, 0.4) is 0 Å². The van der Waals surface area contributed by atoms with Crippen LogP contribution in [0.2, 0.25) is 0 Å². The summed E-state index contributed by atoms with van der Waals surface area (Å²) in [6, 6.07) is 1.90. The van der Waals surface area contributed by atoms with Crippen molar-refractivity contribution < 1.29 is 0 Å². The molecule has 2 aromatic rings. The number of nitrogens with zero attached hydrogens (tertiary/aromatic N) is 2. The monoisotopic (exact) mass is 174 g/mol. The van der Waals surface area contributed by atoms with Gasteiger partial charge in [0.25, 0.3) is 0 Å². The summed E-state index contributed by atoms with van der Waals surface area (Å²) in [5.41, 5.74) is 0.981. The van der Waals surface area contributed by atoms with E-state index in [0.29, 0.717) is 0 Å². The number of thiazole rings is 1. The van der Waals surface area contributed by atoms with Crippen LogP contribution in [-0.4, -0.2) is 44.7 Å². The Morgan fingerprint density at radius 3 is 2.82 bits per heavy atom. The molecule has 2 rings (SSSR count). The van der Waals surface area contributed by atoms with Gasteiger partial charge in [0.1, 0.15) is 5.01 Å². The van der Waals surface area contributed by atoms with E-state index < -0.39 is 0 Å². The predicted molar refractivity (Wildman–Crippen MR) is 45.4 cm³/mol. The minimum absolute atomic E-state index is 0. The fraction of sp³-hybridized carbons (Fsp3) is 0. The van der Waals surface area contributed by atoms with Crippen molar-refractivity contribution in [2.75, 3.05) is 0 Å². The van der Waals surface area contributed by atoms with E-state index in [9.17, 15) is 0 Å². The number of rotatable bonds is 1. The SMILES string of the molecule is [Na].c1cc(-c2nccs2)[nH]n1. The molecule has 51 valence electrons. The van der Waals surface area contributed by atoms with E-state index in [-0.39, 0.29) is 29.6 Å². The molecule has 1 radical (unpaired) electrons. The van der Waals surface area contributed by atoms with Crippen LogP contribution in [0, 0.1) is 0 Å². The standard InChI is InChI=1S/C6H5N3S.Na/c1-2-8-9-5(1)6-7-3-4-10-6;/h1-4H,(H,8,9);. The molecule has 0 aliphatic carbocycles. The summed E-state index contributed by atoms with van der Waals surface area (Å²) < 4.78 is 0. The average molecular weight is 174 g/mol. The molecule has 0 fully saturated rings. The maximum atomic E-state index is 4.11. The predicted octanol–water partition coefficient (Wildman–Crippen LogP) is 1.15. The summed E-state index contributed by atoms with van der Waals surface area (Å²) >= 11 is 1.60. The largest absolute Gasteiger partial charge is 0.275 e. The molecule has 2 heterocycles. The molecule has 0 spiro atoms. The van der Waals surface area contributed by atoms with Crippen molar-refractivity contribution in [2.24, 2.45) is 0 Å². The van der Waals surface area contributed by atoms with Crippen LogP contribution in [0.5, 0.6) is 0 Å². The molecular weight excluding hydrogens is 169 g/mol. The smallest absolute Gasteiger partial charge is 0.141 e. The third kappa shape index (κ3) is 1.90. The maximum Gasteiger partial charge on any atom is 0.141 e. The molecular formula is C6H5N3NaS. The van der Waals surface area contributed by atoms with E-state index in [1.807, 2.05) is 11.4 Å². The first-order chi connectivity index (χ1) is 4.97. The van der Waals surface area contributed by atoms with Gasteiger partial charge in [-0.15, -0.1) is 11.3 Å². The zero-order chi connectivity index (χ0) is 6.81. The van der Waals surface area contributed by atoms with Gasteiger partial charge in [-0.05, 0) is 6.07 Å². The average Bonchev–Trinajstić information content (AvgIpc) is 2.59. The zero-order valence-electron chi connectivity index (χ0n) is 6.11. The summed E-state index contributed by atoms with van der Waals surface area (Å²) in [5, 5.41) is 9.58. The Balaban J connectivity index is 0.000000605. The second-order valence-electron chi connectivity index (χ2n) is 1.81. The van der Waals surface area contributed by atoms with Gasteiger partial charge in [-0.1, -0.05) is 0 Å². The Morgan fingerprint density at radius 2 is 2.27 bits per heavy atom. The first kappa shape index (κ1) is 8.93. The minimum Gasteiger partial charge on any atom is -0.275 e.